The summed E-state index contributed by atoms with van der Waals surface area (Å²) >= 11 is 0. The molecule has 8 heteroatoms. The molecule has 0 aliphatic carbocycles. The zero-order valence-corrected chi connectivity index (χ0v) is 5.95. The lowest BCUT2D eigenvalue weighted by Gasteiger charge is -2.01. The van der Waals surface area contributed by atoms with Crippen LogP contribution in [-0.4, -0.2) is 30.1 Å². The van der Waals surface area contributed by atoms with Crippen molar-refractivity contribution in [3.63, 3.8) is 0 Å². The topological polar surface area (TPSA) is 121 Å². The van der Waals surface area contributed by atoms with Crippen molar-refractivity contribution < 1.29 is 5.21 Å². The van der Waals surface area contributed by atoms with Gasteiger partial charge in [0.1, 0.15) is 18.8 Å². The summed E-state index contributed by atoms with van der Waals surface area (Å²) in [5, 5.41) is 18.0. The Balaban J connectivity index is 4.32. The first-order valence-corrected chi connectivity index (χ1v) is 2.91. The van der Waals surface area contributed by atoms with Gasteiger partial charge < -0.3 is 5.21 Å². The van der Waals surface area contributed by atoms with Gasteiger partial charge in [0.15, 0.2) is 6.04 Å². The van der Waals surface area contributed by atoms with Gasteiger partial charge in [-0.05, 0) is 0 Å². The van der Waals surface area contributed by atoms with Crippen LogP contribution in [0.5, 0.6) is 0 Å². The molecule has 66 valence electrons. The van der Waals surface area contributed by atoms with Crippen molar-refractivity contribution in [2.45, 2.75) is 6.04 Å². The number of nitrogens with zero attached hydrogens (tertiary/aromatic N) is 4. The van der Waals surface area contributed by atoms with Gasteiger partial charge in [0.25, 0.3) is 0 Å². The highest BCUT2D eigenvalue weighted by Gasteiger charge is 2.17. The van der Waals surface area contributed by atoms with Crippen molar-refractivity contribution in [3.05, 3.63) is 14.7 Å². The van der Waals surface area contributed by atoms with Crippen molar-refractivity contribution in [3.8, 4) is 0 Å². The van der Waals surface area contributed by atoms with Gasteiger partial charge >= 0.3 is 0 Å². The first-order chi connectivity index (χ1) is 5.79. The van der Waals surface area contributed by atoms with Crippen LogP contribution < -0.4 is 0 Å². The average Bonchev–Trinajstić information content (AvgIpc) is 2.11. The molecule has 0 heterocycles. The number of nitroso groups, excluding NO2 is 3. The molecule has 0 aromatic carbocycles. The Hall–Kier alpha value is -1.73. The van der Waals surface area contributed by atoms with Crippen LogP contribution in [0.25, 0.3) is 0 Å². The smallest absolute Gasteiger partial charge is 0.158 e. The quantitative estimate of drug-likeness (QED) is 0.272. The summed E-state index contributed by atoms with van der Waals surface area (Å²) in [6.07, 6.45) is 0. The average molecular weight is 174 g/mol. The van der Waals surface area contributed by atoms with Gasteiger partial charge in [-0.25, -0.2) is 0 Å². The maximum absolute atomic E-state index is 9.99. The van der Waals surface area contributed by atoms with Gasteiger partial charge in [-0.15, -0.1) is 0 Å². The monoisotopic (exact) mass is 174 g/mol. The molecule has 1 N–H and O–H groups in total. The molecule has 8 nitrogen and oxygen atoms in total. The van der Waals surface area contributed by atoms with Crippen LogP contribution in [0.3, 0.4) is 0 Å². The second-order valence-corrected chi connectivity index (χ2v) is 1.81. The van der Waals surface area contributed by atoms with E-state index < -0.39 is 19.1 Å². The van der Waals surface area contributed by atoms with Crippen molar-refractivity contribution in [2.24, 2.45) is 20.7 Å². The Morgan fingerprint density at radius 1 is 1.25 bits per heavy atom. The maximum atomic E-state index is 9.99. The van der Waals surface area contributed by atoms with Crippen LogP contribution in [0.1, 0.15) is 0 Å². The first kappa shape index (κ1) is 10.3. The fourth-order valence-electron chi connectivity index (χ4n) is 0.540. The number of rotatable bonds is 6. The largest absolute Gasteiger partial charge is 0.411 e. The van der Waals surface area contributed by atoms with Crippen LogP contribution in [-0.2, 0) is 0 Å². The van der Waals surface area contributed by atoms with E-state index in [0.717, 1.165) is 0 Å². The molecule has 0 fully saturated rings. The lowest BCUT2D eigenvalue weighted by Crippen LogP contribution is -2.23. The molecule has 0 spiro atoms. The summed E-state index contributed by atoms with van der Waals surface area (Å²) in [5.74, 6) is 0. The highest BCUT2D eigenvalue weighted by atomic mass is 16.4. The molecular weight excluding hydrogens is 168 g/mol. The summed E-state index contributed by atoms with van der Waals surface area (Å²) in [6.45, 7) is -0.944. The second-order valence-electron chi connectivity index (χ2n) is 1.81. The van der Waals surface area contributed by atoms with Gasteiger partial charge in [-0.1, -0.05) is 20.7 Å². The van der Waals surface area contributed by atoms with Crippen LogP contribution in [0.15, 0.2) is 20.7 Å². The van der Waals surface area contributed by atoms with E-state index in [9.17, 15) is 14.7 Å². The number of hydrogen-bond donors (Lipinski definition) is 1. The van der Waals surface area contributed by atoms with Gasteiger partial charge in [-0.3, -0.25) is 0 Å². The zero-order valence-electron chi connectivity index (χ0n) is 5.95. The summed E-state index contributed by atoms with van der Waals surface area (Å²) < 4.78 is 0. The van der Waals surface area contributed by atoms with Crippen molar-refractivity contribution in [1.82, 2.24) is 0 Å². The van der Waals surface area contributed by atoms with E-state index in [4.69, 9.17) is 5.21 Å². The van der Waals surface area contributed by atoms with E-state index in [1.165, 1.54) is 0 Å². The second kappa shape index (κ2) is 6.01. The molecule has 1 unspecified atom stereocenters. The van der Waals surface area contributed by atoms with E-state index in [1.54, 1.807) is 0 Å². The minimum absolute atomic E-state index is 0.264. The maximum Gasteiger partial charge on any atom is 0.158 e. The Bertz CT molecular complexity index is 203. The number of hydrogen-bond acceptors (Lipinski definition) is 8. The lowest BCUT2D eigenvalue weighted by molar-refractivity contribution is 0.316. The predicted molar refractivity (Wildman–Crippen MR) is 40.1 cm³/mol. The third-order valence-corrected chi connectivity index (χ3v) is 1.11. The van der Waals surface area contributed by atoms with Crippen molar-refractivity contribution in [1.29, 1.82) is 0 Å². The Labute approximate surface area is 66.6 Å². The molecule has 12 heavy (non-hydrogen) atoms. The van der Waals surface area contributed by atoms with Crippen molar-refractivity contribution >= 4 is 5.71 Å². The molecule has 0 rings (SSSR count). The van der Waals surface area contributed by atoms with Gasteiger partial charge in [-0.2, -0.15) is 14.7 Å². The molecule has 0 aliphatic heterocycles. The number of oxime groups is 1. The predicted octanol–water partition coefficient (Wildman–Crippen LogP) is 0.484. The normalized spacial score (nSPS) is 13.5. The standard InChI is InChI=1S/C4H6N4O4/c9-5-1-3(7-11)4(8-12)2-6-10/h3,12H,1-2H2. The SMILES string of the molecule is O=NCC(=NO)C(CN=O)N=O. The molecule has 0 amide bonds. The molecule has 0 aromatic heterocycles. The molecule has 0 saturated heterocycles. The highest BCUT2D eigenvalue weighted by Crippen LogP contribution is 1.96. The van der Waals surface area contributed by atoms with E-state index in [0.29, 0.717) is 0 Å². The third kappa shape index (κ3) is 2.90. The van der Waals surface area contributed by atoms with Crippen LogP contribution in [0.2, 0.25) is 0 Å². The van der Waals surface area contributed by atoms with Gasteiger partial charge in [0.05, 0.1) is 0 Å². The van der Waals surface area contributed by atoms with Crippen LogP contribution in [0.4, 0.5) is 0 Å². The van der Waals surface area contributed by atoms with E-state index >= 15 is 0 Å². The summed E-state index contributed by atoms with van der Waals surface area (Å²) in [7, 11) is 0. The van der Waals surface area contributed by atoms with Crippen molar-refractivity contribution in [2.75, 3.05) is 13.1 Å². The zero-order chi connectivity index (χ0) is 9.40. The molecular formula is C4H6N4O4. The third-order valence-electron chi connectivity index (χ3n) is 1.11. The molecule has 0 aliphatic rings. The fourth-order valence-corrected chi connectivity index (χ4v) is 0.540. The Morgan fingerprint density at radius 2 is 1.92 bits per heavy atom. The molecule has 0 radical (unpaired) electrons. The summed E-state index contributed by atoms with van der Waals surface area (Å²) in [6, 6.07) is -1.20. The highest BCUT2D eigenvalue weighted by molar-refractivity contribution is 5.91. The lowest BCUT2D eigenvalue weighted by atomic mass is 10.2. The van der Waals surface area contributed by atoms with E-state index in [-0.39, 0.29) is 5.71 Å². The summed E-state index contributed by atoms with van der Waals surface area (Å²) in [4.78, 5) is 29.4. The van der Waals surface area contributed by atoms with Crippen LogP contribution in [0, 0.1) is 14.7 Å². The van der Waals surface area contributed by atoms with Gasteiger partial charge in [0.2, 0.25) is 0 Å². The van der Waals surface area contributed by atoms with Crippen LogP contribution >= 0.6 is 0 Å². The Morgan fingerprint density at radius 3 is 2.25 bits per heavy atom. The van der Waals surface area contributed by atoms with E-state index in [2.05, 4.69) is 20.7 Å². The molecule has 0 saturated carbocycles. The first-order valence-electron chi connectivity index (χ1n) is 2.91. The minimum atomic E-state index is -1.20. The molecule has 1 atom stereocenters. The fraction of sp³-hybridized carbons (Fsp3) is 0.750. The molecule has 0 aromatic rings. The van der Waals surface area contributed by atoms with E-state index in [1.807, 2.05) is 0 Å². The van der Waals surface area contributed by atoms with Gasteiger partial charge in [0, 0.05) is 0 Å². The Kier molecular flexibility index (Phi) is 5.14. The minimum Gasteiger partial charge on any atom is -0.411 e. The summed E-state index contributed by atoms with van der Waals surface area (Å²) in [5.41, 5.74) is -0.264. The molecule has 0 bridgehead atoms.